The molecule has 4 heteroatoms. The van der Waals surface area contributed by atoms with Gasteiger partial charge in [0.25, 0.3) is 0 Å². The van der Waals surface area contributed by atoms with E-state index in [1.807, 2.05) is 0 Å². The summed E-state index contributed by atoms with van der Waals surface area (Å²) < 4.78 is 1.16. The number of carboxylic acids is 1. The maximum absolute atomic E-state index is 11.1. The fourth-order valence-corrected chi connectivity index (χ4v) is 4.49. The molecule has 1 aliphatic carbocycles. The van der Waals surface area contributed by atoms with Crippen LogP contribution in [-0.4, -0.2) is 11.1 Å². The summed E-state index contributed by atoms with van der Waals surface area (Å²) in [6.45, 7) is 0. The normalized spacial score (nSPS) is 18.7. The van der Waals surface area contributed by atoms with Crippen LogP contribution in [0.4, 0.5) is 0 Å². The molecule has 1 heterocycles. The number of thiophene rings is 1. The molecule has 0 bridgehead atoms. The molecule has 1 aliphatic rings. The SMILES string of the molecule is O=C(O)CC1(CCc2ccc(Br)s2)CCCCC1. The molecule has 2 nitrogen and oxygen atoms in total. The van der Waals surface area contributed by atoms with Crippen molar-refractivity contribution in [2.24, 2.45) is 5.41 Å². The third kappa shape index (κ3) is 3.82. The van der Waals surface area contributed by atoms with Crippen molar-refractivity contribution in [3.05, 3.63) is 20.8 Å². The van der Waals surface area contributed by atoms with Gasteiger partial charge in [-0.05, 0) is 59.2 Å². The summed E-state index contributed by atoms with van der Waals surface area (Å²) >= 11 is 5.24. The Bertz CT molecular complexity index is 408. The average Bonchev–Trinajstić information content (AvgIpc) is 2.73. The molecule has 1 saturated carbocycles. The highest BCUT2D eigenvalue weighted by atomic mass is 79.9. The Hall–Kier alpha value is -0.350. The number of aryl methyl sites for hydroxylation is 1. The lowest BCUT2D eigenvalue weighted by Gasteiger charge is -2.36. The molecule has 0 spiro atoms. The lowest BCUT2D eigenvalue weighted by Crippen LogP contribution is -2.28. The minimum absolute atomic E-state index is 0.0561. The predicted molar refractivity (Wildman–Crippen MR) is 78.1 cm³/mol. The molecule has 0 amide bonds. The molecule has 1 aromatic heterocycles. The second-order valence-corrected chi connectivity index (χ2v) is 7.88. The molecule has 2 rings (SSSR count). The molecule has 1 aromatic rings. The van der Waals surface area contributed by atoms with E-state index >= 15 is 0 Å². The molecular formula is C14H19BrO2S. The van der Waals surface area contributed by atoms with Gasteiger partial charge >= 0.3 is 5.97 Å². The first-order chi connectivity index (χ1) is 8.60. The van der Waals surface area contributed by atoms with Gasteiger partial charge < -0.3 is 5.11 Å². The summed E-state index contributed by atoms with van der Waals surface area (Å²) in [5.74, 6) is -0.635. The molecule has 100 valence electrons. The van der Waals surface area contributed by atoms with E-state index in [1.165, 1.54) is 24.1 Å². The molecule has 0 saturated heterocycles. The Morgan fingerprint density at radius 2 is 2.06 bits per heavy atom. The maximum Gasteiger partial charge on any atom is 0.303 e. The molecule has 1 fully saturated rings. The van der Waals surface area contributed by atoms with Gasteiger partial charge in [-0.2, -0.15) is 0 Å². The standard InChI is InChI=1S/C14H19BrO2S/c15-12-5-4-11(18-12)6-9-14(10-13(16)17)7-2-1-3-8-14/h4-5H,1-3,6-10H2,(H,16,17). The van der Waals surface area contributed by atoms with Crippen molar-refractivity contribution >= 4 is 33.2 Å². The number of halogens is 1. The first kappa shape index (κ1) is 14.1. The van der Waals surface area contributed by atoms with Crippen molar-refractivity contribution in [3.63, 3.8) is 0 Å². The van der Waals surface area contributed by atoms with Crippen LogP contribution < -0.4 is 0 Å². The van der Waals surface area contributed by atoms with E-state index in [1.54, 1.807) is 11.3 Å². The Morgan fingerprint density at radius 1 is 1.33 bits per heavy atom. The Balaban J connectivity index is 1.98. The van der Waals surface area contributed by atoms with Crippen molar-refractivity contribution in [3.8, 4) is 0 Å². The van der Waals surface area contributed by atoms with E-state index in [4.69, 9.17) is 5.11 Å². The number of carbonyl (C=O) groups is 1. The van der Waals surface area contributed by atoms with E-state index in [0.29, 0.717) is 6.42 Å². The quantitative estimate of drug-likeness (QED) is 0.836. The van der Waals surface area contributed by atoms with E-state index in [-0.39, 0.29) is 5.41 Å². The van der Waals surface area contributed by atoms with Crippen molar-refractivity contribution < 1.29 is 9.90 Å². The highest BCUT2D eigenvalue weighted by Gasteiger charge is 2.33. The number of rotatable bonds is 5. The highest BCUT2D eigenvalue weighted by molar-refractivity contribution is 9.11. The smallest absolute Gasteiger partial charge is 0.303 e. The molecule has 0 aliphatic heterocycles. The van der Waals surface area contributed by atoms with Gasteiger partial charge in [-0.25, -0.2) is 0 Å². The molecule has 1 N–H and O–H groups in total. The van der Waals surface area contributed by atoms with Crippen LogP contribution in [-0.2, 0) is 11.2 Å². The fourth-order valence-electron chi connectivity index (χ4n) is 3.01. The third-order valence-corrected chi connectivity index (χ3v) is 5.65. The third-order valence-electron chi connectivity index (χ3n) is 3.97. The molecule has 0 aromatic carbocycles. The second-order valence-electron chi connectivity index (χ2n) is 5.34. The average molecular weight is 331 g/mol. The number of carboxylic acid groups (broad SMARTS) is 1. The molecule has 0 atom stereocenters. The zero-order valence-electron chi connectivity index (χ0n) is 10.5. The first-order valence-electron chi connectivity index (χ1n) is 6.56. The predicted octanol–water partition coefficient (Wildman–Crippen LogP) is 4.87. The van der Waals surface area contributed by atoms with Gasteiger partial charge in [-0.15, -0.1) is 11.3 Å². The minimum atomic E-state index is -0.635. The molecule has 0 radical (unpaired) electrons. The number of hydrogen-bond donors (Lipinski definition) is 1. The van der Waals surface area contributed by atoms with E-state index < -0.39 is 5.97 Å². The summed E-state index contributed by atoms with van der Waals surface area (Å²) in [7, 11) is 0. The number of aliphatic carboxylic acids is 1. The van der Waals surface area contributed by atoms with Crippen LogP contribution in [0, 0.1) is 5.41 Å². The Labute approximate surface area is 121 Å². The fraction of sp³-hybridized carbons (Fsp3) is 0.643. The van der Waals surface area contributed by atoms with E-state index in [2.05, 4.69) is 28.1 Å². The van der Waals surface area contributed by atoms with Crippen LogP contribution in [0.2, 0.25) is 0 Å². The van der Waals surface area contributed by atoms with E-state index in [9.17, 15) is 4.79 Å². The van der Waals surface area contributed by atoms with Gasteiger partial charge in [-0.1, -0.05) is 19.3 Å². The van der Waals surface area contributed by atoms with Gasteiger partial charge in [-0.3, -0.25) is 4.79 Å². The molecular weight excluding hydrogens is 312 g/mol. The lowest BCUT2D eigenvalue weighted by molar-refractivity contribution is -0.140. The molecule has 0 unspecified atom stereocenters. The van der Waals surface area contributed by atoms with Crippen LogP contribution in [0.1, 0.15) is 49.8 Å². The van der Waals surface area contributed by atoms with Gasteiger partial charge in [0.1, 0.15) is 0 Å². The second kappa shape index (κ2) is 6.20. The summed E-state index contributed by atoms with van der Waals surface area (Å²) in [5.41, 5.74) is 0.0561. The summed E-state index contributed by atoms with van der Waals surface area (Å²) in [6, 6.07) is 4.22. The maximum atomic E-state index is 11.1. The summed E-state index contributed by atoms with van der Waals surface area (Å²) in [6.07, 6.45) is 8.22. The van der Waals surface area contributed by atoms with Crippen molar-refractivity contribution in [1.29, 1.82) is 0 Å². The van der Waals surface area contributed by atoms with Crippen LogP contribution in [0.25, 0.3) is 0 Å². The van der Waals surface area contributed by atoms with Gasteiger partial charge in [0.05, 0.1) is 10.2 Å². The first-order valence-corrected chi connectivity index (χ1v) is 8.17. The van der Waals surface area contributed by atoms with E-state index in [0.717, 1.165) is 29.5 Å². The Kier molecular flexibility index (Phi) is 4.84. The van der Waals surface area contributed by atoms with Gasteiger partial charge in [0, 0.05) is 4.88 Å². The minimum Gasteiger partial charge on any atom is -0.481 e. The monoisotopic (exact) mass is 330 g/mol. The number of hydrogen-bond acceptors (Lipinski definition) is 2. The van der Waals surface area contributed by atoms with Crippen LogP contribution in [0.3, 0.4) is 0 Å². The zero-order valence-corrected chi connectivity index (χ0v) is 12.9. The topological polar surface area (TPSA) is 37.3 Å². The zero-order chi connectivity index (χ0) is 13.0. The molecule has 18 heavy (non-hydrogen) atoms. The van der Waals surface area contributed by atoms with Crippen molar-refractivity contribution in [2.75, 3.05) is 0 Å². The van der Waals surface area contributed by atoms with Gasteiger partial charge in [0.2, 0.25) is 0 Å². The summed E-state index contributed by atoms with van der Waals surface area (Å²) in [5, 5.41) is 9.13. The highest BCUT2D eigenvalue weighted by Crippen LogP contribution is 2.43. The van der Waals surface area contributed by atoms with Crippen LogP contribution >= 0.6 is 27.3 Å². The van der Waals surface area contributed by atoms with Crippen LogP contribution in [0.5, 0.6) is 0 Å². The summed E-state index contributed by atoms with van der Waals surface area (Å²) in [4.78, 5) is 12.4. The van der Waals surface area contributed by atoms with Crippen molar-refractivity contribution in [1.82, 2.24) is 0 Å². The van der Waals surface area contributed by atoms with Crippen LogP contribution in [0.15, 0.2) is 15.9 Å². The lowest BCUT2D eigenvalue weighted by atomic mass is 9.69. The largest absolute Gasteiger partial charge is 0.481 e. The van der Waals surface area contributed by atoms with Gasteiger partial charge in [0.15, 0.2) is 0 Å². The van der Waals surface area contributed by atoms with Crippen molar-refractivity contribution in [2.45, 2.75) is 51.4 Å². The Morgan fingerprint density at radius 3 is 2.61 bits per heavy atom.